The van der Waals surface area contributed by atoms with Gasteiger partial charge in [-0.25, -0.2) is 4.79 Å². The number of carbonyl (C=O) groups excluding carboxylic acids is 3. The van der Waals surface area contributed by atoms with Gasteiger partial charge in [0, 0.05) is 19.6 Å². The first-order chi connectivity index (χ1) is 32.0. The minimum atomic E-state index is -0.579. The topological polar surface area (TPSA) is 94.6 Å². The van der Waals surface area contributed by atoms with Crippen LogP contribution in [-0.4, -0.2) is 93.1 Å². The quantitative estimate of drug-likeness (QED) is 0.0340. The highest BCUT2D eigenvalue weighted by atomic mass is 16.7. The molecule has 0 heterocycles. The molecule has 0 aliphatic carbocycles. The Kier molecular flexibility index (Phi) is 34.4. The predicted octanol–water partition coefficient (Wildman–Crippen LogP) is 16.2. The van der Waals surface area contributed by atoms with E-state index in [0.717, 1.165) is 148 Å². The summed E-state index contributed by atoms with van der Waals surface area (Å²) in [6.07, 6.45) is 16.3. The van der Waals surface area contributed by atoms with Crippen LogP contribution < -0.4 is 0 Å². The molecular formula is C60H118N2O7. The molecule has 9 nitrogen and oxygen atoms in total. The lowest BCUT2D eigenvalue weighted by Crippen LogP contribution is -2.37. The molecular weight excluding hydrogens is 861 g/mol. The molecule has 0 aromatic heterocycles. The van der Waals surface area contributed by atoms with Crippen LogP contribution in [0.15, 0.2) is 0 Å². The van der Waals surface area contributed by atoms with Gasteiger partial charge in [0.05, 0.1) is 25.0 Å². The van der Waals surface area contributed by atoms with Crippen LogP contribution in [0.4, 0.5) is 4.79 Å². The summed E-state index contributed by atoms with van der Waals surface area (Å²) in [5.74, 6) is 1.49. The Morgan fingerprint density at radius 2 is 0.768 bits per heavy atom. The second-order valence-electron chi connectivity index (χ2n) is 26.6. The normalized spacial score (nSPS) is 15.9. The smallest absolute Gasteiger partial charge is 0.465 e. The third-order valence-corrected chi connectivity index (χ3v) is 14.0. The van der Waals surface area contributed by atoms with Gasteiger partial charge in [-0.05, 0) is 155 Å². The Bertz CT molecular complexity index is 1240. The third kappa shape index (κ3) is 37.5. The van der Waals surface area contributed by atoms with Crippen LogP contribution in [0.5, 0.6) is 0 Å². The van der Waals surface area contributed by atoms with Crippen molar-refractivity contribution in [3.63, 3.8) is 0 Å². The van der Waals surface area contributed by atoms with Gasteiger partial charge in [0.15, 0.2) is 0 Å². The van der Waals surface area contributed by atoms with E-state index >= 15 is 0 Å². The van der Waals surface area contributed by atoms with Crippen molar-refractivity contribution in [3.8, 4) is 0 Å². The number of hydrogen-bond donors (Lipinski definition) is 0. The maximum Gasteiger partial charge on any atom is 0.508 e. The van der Waals surface area contributed by atoms with Crippen molar-refractivity contribution in [2.45, 2.75) is 253 Å². The van der Waals surface area contributed by atoms with E-state index in [1.165, 1.54) is 0 Å². The molecule has 6 atom stereocenters. The molecule has 0 N–H and O–H groups in total. The fourth-order valence-electron chi connectivity index (χ4n) is 10.9. The number of ether oxygens (including phenoxy) is 4. The van der Waals surface area contributed by atoms with Crippen molar-refractivity contribution in [3.05, 3.63) is 0 Å². The third-order valence-electron chi connectivity index (χ3n) is 14.0. The monoisotopic (exact) mass is 979 g/mol. The molecule has 0 bridgehead atoms. The molecule has 410 valence electrons. The van der Waals surface area contributed by atoms with Crippen LogP contribution >= 0.6 is 0 Å². The molecule has 0 fully saturated rings. The van der Waals surface area contributed by atoms with Gasteiger partial charge in [-0.3, -0.25) is 14.5 Å². The summed E-state index contributed by atoms with van der Waals surface area (Å²) in [6, 6.07) is 0. The van der Waals surface area contributed by atoms with E-state index in [-0.39, 0.29) is 63.4 Å². The Balaban J connectivity index is 5.32. The minimum Gasteiger partial charge on any atom is -0.465 e. The summed E-state index contributed by atoms with van der Waals surface area (Å²) in [6.45, 7) is 49.7. The van der Waals surface area contributed by atoms with Crippen molar-refractivity contribution in [2.24, 2.45) is 57.2 Å². The molecule has 0 spiro atoms. The number of carbonyl (C=O) groups is 3. The summed E-state index contributed by atoms with van der Waals surface area (Å²) in [7, 11) is 0. The van der Waals surface area contributed by atoms with Gasteiger partial charge in [0.25, 0.3) is 0 Å². The standard InChI is InChI=1S/C60H118N2O7/c1-20-61(21-2)37-38-62(22-3)39-42-68-56(65)69-51(31-27-23-25-29-40-66-54(63)52(49(6)45-59(14,15)16)35-33-47(4)43-57(8,9)10)32-28-24-26-30-41-67-55(64)53(50(7)46-60(17,18)19)36-34-48(5)44-58(11,12)13/h47-53H,20-46H2,1-19H3. The van der Waals surface area contributed by atoms with Crippen molar-refractivity contribution in [2.75, 3.05) is 59.1 Å². The fraction of sp³-hybridized carbons (Fsp3) is 0.950. The molecule has 0 aliphatic rings. The Hall–Kier alpha value is -1.87. The zero-order chi connectivity index (χ0) is 52.8. The first-order valence-electron chi connectivity index (χ1n) is 28.6. The Morgan fingerprint density at radius 1 is 0.406 bits per heavy atom. The molecule has 0 amide bonds. The predicted molar refractivity (Wildman–Crippen MR) is 293 cm³/mol. The minimum absolute atomic E-state index is 0.0302. The Labute approximate surface area is 429 Å². The molecule has 9 heteroatoms. The van der Waals surface area contributed by atoms with E-state index in [9.17, 15) is 14.4 Å². The van der Waals surface area contributed by atoms with Gasteiger partial charge in [0.1, 0.15) is 12.7 Å². The maximum absolute atomic E-state index is 13.5. The van der Waals surface area contributed by atoms with Crippen LogP contribution in [0, 0.1) is 57.2 Å². The van der Waals surface area contributed by atoms with E-state index in [0.29, 0.717) is 38.2 Å². The molecule has 6 unspecified atom stereocenters. The average molecular weight is 980 g/mol. The molecule has 0 aliphatic heterocycles. The number of nitrogens with zero attached hydrogens (tertiary/aromatic N) is 2. The number of unbranched alkanes of at least 4 members (excludes halogenated alkanes) is 6. The largest absolute Gasteiger partial charge is 0.508 e. The fourth-order valence-corrected chi connectivity index (χ4v) is 10.9. The molecule has 0 saturated carbocycles. The zero-order valence-corrected chi connectivity index (χ0v) is 49.4. The van der Waals surface area contributed by atoms with Crippen LogP contribution in [-0.2, 0) is 28.5 Å². The molecule has 0 rings (SSSR count). The van der Waals surface area contributed by atoms with Crippen LogP contribution in [0.25, 0.3) is 0 Å². The number of likely N-dealkylation sites (N-methyl/N-ethyl adjacent to an activating group) is 2. The lowest BCUT2D eigenvalue weighted by molar-refractivity contribution is -0.152. The van der Waals surface area contributed by atoms with Crippen molar-refractivity contribution < 1.29 is 33.3 Å². The van der Waals surface area contributed by atoms with Gasteiger partial charge in [-0.15, -0.1) is 0 Å². The lowest BCUT2D eigenvalue weighted by Gasteiger charge is -2.30. The summed E-state index contributed by atoms with van der Waals surface area (Å²) in [4.78, 5) is 44.8. The first-order valence-corrected chi connectivity index (χ1v) is 28.6. The van der Waals surface area contributed by atoms with E-state index < -0.39 is 6.16 Å². The van der Waals surface area contributed by atoms with E-state index in [1.807, 2.05) is 0 Å². The van der Waals surface area contributed by atoms with Gasteiger partial charge >= 0.3 is 18.1 Å². The van der Waals surface area contributed by atoms with Gasteiger partial charge < -0.3 is 23.8 Å². The molecule has 0 aromatic carbocycles. The van der Waals surface area contributed by atoms with E-state index in [1.54, 1.807) is 0 Å². The molecule has 69 heavy (non-hydrogen) atoms. The molecule has 0 saturated heterocycles. The SMILES string of the molecule is CCN(CC)CCN(CC)CCOC(=O)OC(CCCCCCOC(=O)C(CCC(C)CC(C)(C)C)C(C)CC(C)(C)C)CCCCCCOC(=O)C(CCC(C)CC(C)(C)C)C(C)CC(C)(C)C. The van der Waals surface area contributed by atoms with Crippen molar-refractivity contribution in [1.29, 1.82) is 0 Å². The van der Waals surface area contributed by atoms with Gasteiger partial charge in [-0.1, -0.05) is 157 Å². The Morgan fingerprint density at radius 3 is 1.13 bits per heavy atom. The van der Waals surface area contributed by atoms with Crippen LogP contribution in [0.2, 0.25) is 0 Å². The summed E-state index contributed by atoms with van der Waals surface area (Å²) >= 11 is 0. The first kappa shape index (κ1) is 67.1. The number of rotatable bonds is 38. The second-order valence-corrected chi connectivity index (χ2v) is 26.6. The highest BCUT2D eigenvalue weighted by Crippen LogP contribution is 2.36. The van der Waals surface area contributed by atoms with Crippen molar-refractivity contribution in [1.82, 2.24) is 9.80 Å². The molecule has 0 radical (unpaired) electrons. The van der Waals surface area contributed by atoms with E-state index in [2.05, 4.69) is 141 Å². The van der Waals surface area contributed by atoms with Crippen molar-refractivity contribution >= 4 is 18.1 Å². The number of hydrogen-bond acceptors (Lipinski definition) is 9. The number of esters is 2. The maximum atomic E-state index is 13.5. The van der Waals surface area contributed by atoms with Gasteiger partial charge in [0.2, 0.25) is 0 Å². The highest BCUT2D eigenvalue weighted by Gasteiger charge is 2.32. The van der Waals surface area contributed by atoms with Crippen LogP contribution in [0.3, 0.4) is 0 Å². The average Bonchev–Trinajstić information content (AvgIpc) is 3.19. The van der Waals surface area contributed by atoms with Crippen LogP contribution in [0.1, 0.15) is 247 Å². The second kappa shape index (κ2) is 35.3. The summed E-state index contributed by atoms with van der Waals surface area (Å²) in [5, 5.41) is 0. The van der Waals surface area contributed by atoms with Gasteiger partial charge in [-0.2, -0.15) is 0 Å². The zero-order valence-electron chi connectivity index (χ0n) is 49.4. The van der Waals surface area contributed by atoms with E-state index in [4.69, 9.17) is 18.9 Å². The lowest BCUT2D eigenvalue weighted by atomic mass is 9.76. The highest BCUT2D eigenvalue weighted by molar-refractivity contribution is 5.73. The molecule has 0 aromatic rings. The summed E-state index contributed by atoms with van der Waals surface area (Å²) in [5.41, 5.74) is 0.876. The summed E-state index contributed by atoms with van der Waals surface area (Å²) < 4.78 is 23.6.